The Balaban J connectivity index is 1.55. The fraction of sp³-hybridized carbons (Fsp3) is 0.568. The van der Waals surface area contributed by atoms with Gasteiger partial charge in [-0.1, -0.05) is 24.3 Å². The van der Waals surface area contributed by atoms with Crippen LogP contribution in [-0.2, 0) is 26.2 Å². The summed E-state index contributed by atoms with van der Waals surface area (Å²) in [6.07, 6.45) is 5.07. The molecule has 0 N–H and O–H groups in total. The first-order valence-corrected chi connectivity index (χ1v) is 17.9. The first kappa shape index (κ1) is 39.3. The summed E-state index contributed by atoms with van der Waals surface area (Å²) in [7, 11) is 0. The van der Waals surface area contributed by atoms with E-state index in [9.17, 15) is 29.8 Å². The van der Waals surface area contributed by atoms with Gasteiger partial charge in [0.1, 0.15) is 13.1 Å². The summed E-state index contributed by atoms with van der Waals surface area (Å²) in [5.74, 6) is 0. The highest BCUT2D eigenvalue weighted by Gasteiger charge is 2.28. The van der Waals surface area contributed by atoms with Gasteiger partial charge in [-0.3, -0.25) is 34.2 Å². The standard InChI is InChI=1S/C37H56N6O6/c1-6-42(7-2,29-32-20-12-14-22-34(32)40(46)47)26-18-10-16-24-38-31(5)28-36(44)39(37(38)45)25-17-11-19-27-43(8-3,9-4)30-33-21-13-15-23-35(33)41(48)49/h12-15,20-23,28H,6-11,16-19,24-27,29-30H2,1-5H3/q+2. The smallest absolute Gasteiger partial charge is 0.320 e. The molecular weight excluding hydrogens is 624 g/mol. The largest absolute Gasteiger partial charge is 0.331 e. The number of rotatable bonds is 22. The van der Waals surface area contributed by atoms with Gasteiger partial charge >= 0.3 is 5.69 Å². The van der Waals surface area contributed by atoms with Crippen LogP contribution in [0.2, 0.25) is 0 Å². The molecule has 1 heterocycles. The number of quaternary nitrogens is 2. The number of nitrogens with zero attached hydrogens (tertiary/aromatic N) is 6. The number of para-hydroxylation sites is 2. The minimum atomic E-state index is -0.311. The van der Waals surface area contributed by atoms with Gasteiger partial charge in [0.05, 0.1) is 60.2 Å². The summed E-state index contributed by atoms with van der Waals surface area (Å²) >= 11 is 0. The lowest BCUT2D eigenvalue weighted by Crippen LogP contribution is -2.47. The third kappa shape index (κ3) is 10.4. The highest BCUT2D eigenvalue weighted by molar-refractivity contribution is 5.39. The minimum absolute atomic E-state index is 0.160. The van der Waals surface area contributed by atoms with Gasteiger partial charge in [0.15, 0.2) is 0 Å². The average Bonchev–Trinajstić information content (AvgIpc) is 3.09. The maximum atomic E-state index is 13.4. The Morgan fingerprint density at radius 1 is 0.612 bits per heavy atom. The SMILES string of the molecule is CC[N+](CC)(CCCCCn1c(C)cc(=O)n(CCCCC[N+](CC)(CC)Cc2ccccc2[N+](=O)[O-])c1=O)Cc1ccccc1[N+](=O)[O-]. The van der Waals surface area contributed by atoms with Crippen LogP contribution in [0, 0.1) is 27.2 Å². The Hall–Kier alpha value is -4.16. The Morgan fingerprint density at radius 3 is 1.43 bits per heavy atom. The van der Waals surface area contributed by atoms with E-state index in [1.54, 1.807) is 41.8 Å². The molecule has 2 aromatic carbocycles. The molecule has 3 rings (SSSR count). The molecule has 0 aliphatic rings. The summed E-state index contributed by atoms with van der Waals surface area (Å²) in [6.45, 7) is 17.6. The van der Waals surface area contributed by atoms with Gasteiger partial charge in [-0.15, -0.1) is 0 Å². The molecule has 0 saturated carbocycles. The monoisotopic (exact) mass is 680 g/mol. The van der Waals surface area contributed by atoms with Crippen molar-refractivity contribution in [1.29, 1.82) is 0 Å². The number of nitro benzene ring substituents is 2. The van der Waals surface area contributed by atoms with Crippen LogP contribution in [0.4, 0.5) is 11.4 Å². The Morgan fingerprint density at radius 2 is 1.02 bits per heavy atom. The molecule has 12 heteroatoms. The average molecular weight is 681 g/mol. The summed E-state index contributed by atoms with van der Waals surface area (Å²) in [4.78, 5) is 48.8. The zero-order valence-corrected chi connectivity index (χ0v) is 30.1. The second-order valence-corrected chi connectivity index (χ2v) is 13.3. The number of hydrogen-bond acceptors (Lipinski definition) is 6. The van der Waals surface area contributed by atoms with Gasteiger partial charge < -0.3 is 8.97 Å². The molecule has 12 nitrogen and oxygen atoms in total. The van der Waals surface area contributed by atoms with E-state index in [1.807, 2.05) is 24.3 Å². The third-order valence-corrected chi connectivity index (χ3v) is 10.6. The van der Waals surface area contributed by atoms with Gasteiger partial charge in [-0.25, -0.2) is 4.79 Å². The van der Waals surface area contributed by atoms with Crippen LogP contribution in [-0.4, -0.2) is 67.2 Å². The predicted molar refractivity (Wildman–Crippen MR) is 193 cm³/mol. The maximum Gasteiger partial charge on any atom is 0.331 e. The van der Waals surface area contributed by atoms with Gasteiger partial charge in [0.25, 0.3) is 16.9 Å². The topological polar surface area (TPSA) is 130 Å². The van der Waals surface area contributed by atoms with Crippen LogP contribution in [0.1, 0.15) is 83.0 Å². The van der Waals surface area contributed by atoms with Crippen LogP contribution >= 0.6 is 0 Å². The Kier molecular flexibility index (Phi) is 14.9. The number of benzene rings is 2. The van der Waals surface area contributed by atoms with Crippen LogP contribution in [0.15, 0.2) is 64.2 Å². The highest BCUT2D eigenvalue weighted by atomic mass is 16.6. The summed E-state index contributed by atoms with van der Waals surface area (Å²) in [6, 6.07) is 15.5. The first-order valence-electron chi connectivity index (χ1n) is 17.9. The molecule has 0 saturated heterocycles. The van der Waals surface area contributed by atoms with Crippen LogP contribution in [0.25, 0.3) is 0 Å². The van der Waals surface area contributed by atoms with E-state index in [1.165, 1.54) is 4.57 Å². The van der Waals surface area contributed by atoms with Crippen LogP contribution in [0.5, 0.6) is 0 Å². The maximum absolute atomic E-state index is 13.4. The second-order valence-electron chi connectivity index (χ2n) is 13.3. The van der Waals surface area contributed by atoms with Crippen molar-refractivity contribution in [2.45, 2.75) is 99.3 Å². The van der Waals surface area contributed by atoms with Crippen molar-refractivity contribution in [2.75, 3.05) is 39.3 Å². The highest BCUT2D eigenvalue weighted by Crippen LogP contribution is 2.25. The number of unbranched alkanes of at least 4 members (excludes halogenated alkanes) is 4. The lowest BCUT2D eigenvalue weighted by atomic mass is 10.1. The van der Waals surface area contributed by atoms with Gasteiger partial charge in [0, 0.05) is 37.0 Å². The van der Waals surface area contributed by atoms with Crippen molar-refractivity contribution in [2.24, 2.45) is 0 Å². The van der Waals surface area contributed by atoms with Gasteiger partial charge in [-0.05, 0) is 85.3 Å². The first-order chi connectivity index (χ1) is 23.4. The van der Waals surface area contributed by atoms with Crippen LogP contribution < -0.4 is 11.2 Å². The molecule has 0 fully saturated rings. The van der Waals surface area contributed by atoms with Crippen molar-refractivity contribution >= 4 is 11.4 Å². The van der Waals surface area contributed by atoms with E-state index in [4.69, 9.17) is 0 Å². The molecule has 0 unspecified atom stereocenters. The quantitative estimate of drug-likeness (QED) is 0.0510. The zero-order valence-electron chi connectivity index (χ0n) is 30.1. The summed E-state index contributed by atoms with van der Waals surface area (Å²) in [5, 5.41) is 23.2. The van der Waals surface area contributed by atoms with Crippen LogP contribution in [0.3, 0.4) is 0 Å². The number of aromatic nitrogens is 2. The Bertz CT molecular complexity index is 1660. The molecule has 49 heavy (non-hydrogen) atoms. The Labute approximate surface area is 290 Å². The minimum Gasteiger partial charge on any atom is -0.320 e. The van der Waals surface area contributed by atoms with E-state index < -0.39 is 0 Å². The van der Waals surface area contributed by atoms with Crippen molar-refractivity contribution in [1.82, 2.24) is 9.13 Å². The fourth-order valence-corrected chi connectivity index (χ4v) is 7.04. The normalized spacial score (nSPS) is 11.9. The molecule has 0 bridgehead atoms. The van der Waals surface area contributed by atoms with E-state index in [2.05, 4.69) is 27.7 Å². The van der Waals surface area contributed by atoms with Gasteiger partial charge in [0.2, 0.25) is 0 Å². The molecule has 0 aliphatic heterocycles. The number of hydrogen-bond donors (Lipinski definition) is 0. The summed E-state index contributed by atoms with van der Waals surface area (Å²) in [5.41, 5.74) is 1.96. The lowest BCUT2D eigenvalue weighted by molar-refractivity contribution is -0.938. The molecular formula is C37H56N6O6+2. The van der Waals surface area contributed by atoms with Crippen molar-refractivity contribution < 1.29 is 18.8 Å². The van der Waals surface area contributed by atoms with E-state index in [0.29, 0.717) is 38.3 Å². The summed E-state index contributed by atoms with van der Waals surface area (Å²) < 4.78 is 4.56. The molecule has 0 amide bonds. The van der Waals surface area contributed by atoms with E-state index in [0.717, 1.165) is 91.5 Å². The molecule has 0 spiro atoms. The van der Waals surface area contributed by atoms with E-state index in [-0.39, 0.29) is 32.5 Å². The molecule has 1 aromatic heterocycles. The number of nitro groups is 2. The third-order valence-electron chi connectivity index (χ3n) is 10.6. The molecule has 268 valence electrons. The number of aryl methyl sites for hydroxylation is 1. The predicted octanol–water partition coefficient (Wildman–Crippen LogP) is 6.59. The molecule has 0 atom stereocenters. The molecule has 3 aromatic rings. The van der Waals surface area contributed by atoms with E-state index >= 15 is 0 Å². The van der Waals surface area contributed by atoms with Crippen molar-refractivity contribution in [3.8, 4) is 0 Å². The zero-order chi connectivity index (χ0) is 36.0. The lowest BCUT2D eigenvalue weighted by Gasteiger charge is -2.37. The molecule has 0 aliphatic carbocycles. The van der Waals surface area contributed by atoms with Crippen molar-refractivity contribution in [3.05, 3.63) is 112 Å². The van der Waals surface area contributed by atoms with Gasteiger partial charge in [-0.2, -0.15) is 0 Å². The fourth-order valence-electron chi connectivity index (χ4n) is 7.04. The molecule has 0 radical (unpaired) electrons. The van der Waals surface area contributed by atoms with Crippen molar-refractivity contribution in [3.63, 3.8) is 0 Å². The second kappa shape index (κ2) is 18.6.